The summed E-state index contributed by atoms with van der Waals surface area (Å²) >= 11 is 0. The van der Waals surface area contributed by atoms with Crippen molar-refractivity contribution in [3.63, 3.8) is 0 Å². The number of carbonyl (C=O) groups excluding carboxylic acids is 3. The maximum atomic E-state index is 11.5. The zero-order chi connectivity index (χ0) is 36.5. The van der Waals surface area contributed by atoms with Crippen LogP contribution in [0.15, 0.2) is 46.2 Å². The fourth-order valence-corrected chi connectivity index (χ4v) is 4.07. The third kappa shape index (κ3) is 18.5. The van der Waals surface area contributed by atoms with Gasteiger partial charge in [-0.2, -0.15) is 0 Å². The molecule has 0 aromatic heterocycles. The van der Waals surface area contributed by atoms with E-state index in [-0.39, 0.29) is 26.9 Å². The molecule has 0 spiro atoms. The van der Waals surface area contributed by atoms with E-state index in [0.29, 0.717) is 5.69 Å². The number of anilines is 4. The van der Waals surface area contributed by atoms with Crippen molar-refractivity contribution in [3.05, 3.63) is 36.4 Å². The van der Waals surface area contributed by atoms with Crippen LogP contribution in [0.4, 0.5) is 37.1 Å². The van der Waals surface area contributed by atoms with Gasteiger partial charge >= 0.3 is 18.4 Å². The first-order chi connectivity index (χ1) is 20.4. The molecule has 2 aromatic rings. The molecule has 0 aliphatic rings. The van der Waals surface area contributed by atoms with Gasteiger partial charge in [0, 0.05) is 11.4 Å². The minimum absolute atomic E-state index is 0.0113. The van der Waals surface area contributed by atoms with Gasteiger partial charge in [-0.25, -0.2) is 41.5 Å². The number of sulfonamides is 2. The van der Waals surface area contributed by atoms with E-state index in [4.69, 9.17) is 41.7 Å². The summed E-state index contributed by atoms with van der Waals surface area (Å²) in [5.41, 5.74) is 14.8. The molecule has 46 heavy (non-hydrogen) atoms. The van der Waals surface area contributed by atoms with Gasteiger partial charge in [-0.1, -0.05) is 0 Å². The zero-order valence-electron chi connectivity index (χ0n) is 27.2. The Morgan fingerprint density at radius 2 is 0.978 bits per heavy atom. The SMILES string of the molecule is CC(C)(C)OC(=O)Nc1ccc(N)c(S(N)(=O)=O)c1.CC(C)(C)OC(=O)OC(=O)OC(C)(C)C.Nc1ccc(N)c(S(N)(=O)=O)c1. The van der Waals surface area contributed by atoms with Gasteiger partial charge in [0.15, 0.2) is 0 Å². The lowest BCUT2D eigenvalue weighted by Crippen LogP contribution is -2.29. The highest BCUT2D eigenvalue weighted by Crippen LogP contribution is 2.22. The van der Waals surface area contributed by atoms with E-state index in [2.05, 4.69) is 10.1 Å². The van der Waals surface area contributed by atoms with Crippen molar-refractivity contribution in [3.8, 4) is 0 Å². The highest BCUT2D eigenvalue weighted by molar-refractivity contribution is 7.89. The molecule has 0 aliphatic heterocycles. The van der Waals surface area contributed by atoms with Crippen LogP contribution >= 0.6 is 0 Å². The summed E-state index contributed by atoms with van der Waals surface area (Å²) in [7, 11) is -7.71. The van der Waals surface area contributed by atoms with Gasteiger partial charge in [0.05, 0.1) is 11.4 Å². The highest BCUT2D eigenvalue weighted by Gasteiger charge is 2.24. The van der Waals surface area contributed by atoms with Crippen LogP contribution in [0.5, 0.6) is 0 Å². The van der Waals surface area contributed by atoms with Crippen molar-refractivity contribution in [2.24, 2.45) is 10.3 Å². The first kappa shape index (κ1) is 41.7. The monoisotopic (exact) mass is 692 g/mol. The number of benzene rings is 2. The molecule has 0 saturated carbocycles. The van der Waals surface area contributed by atoms with Crippen molar-refractivity contribution in [2.75, 3.05) is 22.5 Å². The van der Waals surface area contributed by atoms with Crippen molar-refractivity contribution >= 4 is 61.2 Å². The van der Waals surface area contributed by atoms with Crippen LogP contribution < -0.4 is 32.8 Å². The molecule has 19 heteroatoms. The molecule has 11 N–H and O–H groups in total. The minimum atomic E-state index is -3.94. The normalized spacial score (nSPS) is 11.8. The van der Waals surface area contributed by atoms with Gasteiger partial charge in [-0.3, -0.25) is 5.32 Å². The second kappa shape index (κ2) is 15.8. The number of ether oxygens (including phenoxy) is 4. The minimum Gasteiger partial charge on any atom is -0.444 e. The van der Waals surface area contributed by atoms with Crippen molar-refractivity contribution in [1.82, 2.24) is 0 Å². The Kier molecular flexibility index (Phi) is 14.3. The predicted molar refractivity (Wildman–Crippen MR) is 172 cm³/mol. The molecule has 0 saturated heterocycles. The number of carbonyl (C=O) groups is 3. The third-order valence-corrected chi connectivity index (χ3v) is 6.19. The van der Waals surface area contributed by atoms with Gasteiger partial charge < -0.3 is 36.1 Å². The maximum absolute atomic E-state index is 11.5. The Bertz CT molecular complexity index is 1580. The number of hydrogen-bond donors (Lipinski definition) is 6. The first-order valence-corrected chi connectivity index (χ1v) is 16.2. The Morgan fingerprint density at radius 3 is 1.33 bits per heavy atom. The molecule has 0 aliphatic carbocycles. The molecular formula is C27H44N6O11S2. The largest absolute Gasteiger partial charge is 0.519 e. The number of nitrogen functional groups attached to an aromatic ring is 3. The fraction of sp³-hybridized carbons (Fsp3) is 0.444. The molecule has 0 radical (unpaired) electrons. The molecule has 2 rings (SSSR count). The third-order valence-electron chi connectivity index (χ3n) is 4.26. The van der Waals surface area contributed by atoms with Crippen molar-refractivity contribution < 1.29 is 50.2 Å². The van der Waals surface area contributed by atoms with Gasteiger partial charge in [-0.15, -0.1) is 0 Å². The average Bonchev–Trinajstić information content (AvgIpc) is 2.77. The molecule has 0 heterocycles. The lowest BCUT2D eigenvalue weighted by Gasteiger charge is -2.20. The number of hydrogen-bond acceptors (Lipinski definition) is 14. The Balaban J connectivity index is 0.000000679. The first-order valence-electron chi connectivity index (χ1n) is 13.1. The molecule has 2 aromatic carbocycles. The molecule has 1 amide bonds. The second-order valence-corrected chi connectivity index (χ2v) is 15.4. The van der Waals surface area contributed by atoms with Crippen LogP contribution in [0.2, 0.25) is 0 Å². The van der Waals surface area contributed by atoms with Crippen LogP contribution in [-0.4, -0.2) is 52.0 Å². The van der Waals surface area contributed by atoms with E-state index in [1.807, 2.05) is 0 Å². The Labute approximate surface area is 269 Å². The van der Waals surface area contributed by atoms with Crippen LogP contribution in [0.1, 0.15) is 62.3 Å². The van der Waals surface area contributed by atoms with E-state index in [9.17, 15) is 31.2 Å². The van der Waals surface area contributed by atoms with E-state index < -0.39 is 55.3 Å². The van der Waals surface area contributed by atoms with Crippen molar-refractivity contribution in [2.45, 2.75) is 88.9 Å². The van der Waals surface area contributed by atoms with E-state index >= 15 is 0 Å². The summed E-state index contributed by atoms with van der Waals surface area (Å²) in [4.78, 5) is 33.2. The summed E-state index contributed by atoms with van der Waals surface area (Å²) in [5, 5.41) is 12.3. The van der Waals surface area contributed by atoms with Gasteiger partial charge in [-0.05, 0) is 98.7 Å². The number of nitrogens with one attached hydrogen (secondary N) is 1. The van der Waals surface area contributed by atoms with Crippen LogP contribution in [0.25, 0.3) is 0 Å². The lowest BCUT2D eigenvalue weighted by molar-refractivity contribution is -0.0294. The Hall–Kier alpha value is -4.33. The van der Waals surface area contributed by atoms with Gasteiger partial charge in [0.25, 0.3) is 0 Å². The standard InChI is InChI=1S/C11H17N3O4S.C10H18O5.C6H9N3O2S/c1-11(2,3)18-10(15)14-7-4-5-8(12)9(6-7)19(13,16)17;1-9(2,3)14-7(11)13-8(12)15-10(4,5)6;7-4-1-2-5(8)6(3-4)12(9,10)11/h4-6H,12H2,1-3H3,(H,14,15)(H2,13,16,17);1-6H3;1-3H,7-8H2,(H2,9,10,11). The molecule has 0 bridgehead atoms. The smallest absolute Gasteiger partial charge is 0.444 e. The second-order valence-electron chi connectivity index (χ2n) is 12.3. The quantitative estimate of drug-likeness (QED) is 0.116. The summed E-state index contributed by atoms with van der Waals surface area (Å²) in [6.45, 7) is 15.2. The summed E-state index contributed by atoms with van der Waals surface area (Å²) in [6, 6.07) is 8.10. The van der Waals surface area contributed by atoms with E-state index in [0.717, 1.165) is 0 Å². The van der Waals surface area contributed by atoms with Crippen LogP contribution in [-0.2, 0) is 39.0 Å². The topological polar surface area (TPSA) is 299 Å². The van der Waals surface area contributed by atoms with E-state index in [1.54, 1.807) is 62.3 Å². The number of rotatable bonds is 3. The van der Waals surface area contributed by atoms with Gasteiger partial charge in [0.2, 0.25) is 20.0 Å². The molecule has 0 fully saturated rings. The molecular weight excluding hydrogens is 648 g/mol. The van der Waals surface area contributed by atoms with Crippen LogP contribution in [0.3, 0.4) is 0 Å². The lowest BCUT2D eigenvalue weighted by atomic mass is 10.2. The molecule has 0 unspecified atom stereocenters. The van der Waals surface area contributed by atoms with Crippen molar-refractivity contribution in [1.29, 1.82) is 0 Å². The zero-order valence-corrected chi connectivity index (χ0v) is 28.8. The van der Waals surface area contributed by atoms with Crippen LogP contribution in [0, 0.1) is 0 Å². The molecule has 17 nitrogen and oxygen atoms in total. The molecule has 0 atom stereocenters. The average molecular weight is 693 g/mol. The summed E-state index contributed by atoms with van der Waals surface area (Å²) < 4.78 is 63.1. The maximum Gasteiger partial charge on any atom is 0.519 e. The predicted octanol–water partition coefficient (Wildman–Crippen LogP) is 3.63. The number of amides is 1. The summed E-state index contributed by atoms with van der Waals surface area (Å²) in [6.07, 6.45) is -2.81. The van der Waals surface area contributed by atoms with E-state index in [1.165, 1.54) is 36.4 Å². The Morgan fingerprint density at radius 1 is 0.609 bits per heavy atom. The fourth-order valence-electron chi connectivity index (χ4n) is 2.69. The number of nitrogens with two attached hydrogens (primary N) is 5. The molecule has 260 valence electrons. The highest BCUT2D eigenvalue weighted by atomic mass is 32.2. The summed E-state index contributed by atoms with van der Waals surface area (Å²) in [5.74, 6) is 0. The van der Waals surface area contributed by atoms with Gasteiger partial charge in [0.1, 0.15) is 26.6 Å². The number of primary sulfonamides is 2.